The Morgan fingerprint density at radius 3 is 2.81 bits per heavy atom. The summed E-state index contributed by atoms with van der Waals surface area (Å²) in [7, 11) is 1.61. The van der Waals surface area contributed by atoms with E-state index in [1.807, 2.05) is 29.2 Å². The van der Waals surface area contributed by atoms with Gasteiger partial charge in [0, 0.05) is 42.1 Å². The molecular weight excluding hydrogens is 340 g/mol. The van der Waals surface area contributed by atoms with Gasteiger partial charge in [-0.3, -0.25) is 4.79 Å². The second-order valence-electron chi connectivity index (χ2n) is 7.12. The Morgan fingerprint density at radius 2 is 2.15 bits per heavy atom. The van der Waals surface area contributed by atoms with Gasteiger partial charge in [0.2, 0.25) is 5.91 Å². The van der Waals surface area contributed by atoms with Crippen molar-refractivity contribution in [3.8, 4) is 22.9 Å². The Morgan fingerprint density at radius 1 is 1.37 bits per heavy atom. The molecule has 1 aromatic heterocycles. The normalized spacial score (nSPS) is 16.2. The van der Waals surface area contributed by atoms with Crippen LogP contribution in [0.3, 0.4) is 0 Å². The summed E-state index contributed by atoms with van der Waals surface area (Å²) in [5.41, 5.74) is 9.76. The van der Waals surface area contributed by atoms with Gasteiger partial charge in [-0.15, -0.1) is 0 Å². The number of carbonyl (C=O) groups excluding carboxylic acids is 1. The van der Waals surface area contributed by atoms with Gasteiger partial charge in [0.1, 0.15) is 23.2 Å². The number of methoxy groups -OCH3 is 1. The largest absolute Gasteiger partial charge is 0.496 e. The fraction of sp³-hybridized carbons (Fsp3) is 0.381. The molecule has 1 saturated carbocycles. The Kier molecular flexibility index (Phi) is 4.44. The fourth-order valence-corrected chi connectivity index (χ4v) is 3.94. The Labute approximate surface area is 158 Å². The van der Waals surface area contributed by atoms with Crippen LogP contribution in [0, 0.1) is 17.2 Å². The standard InChI is InChI=1S/C21H22N4O2/c1-27-18-8-3-2-7-14(18)19-15(11-22)20(23)24-17-9-10-25(12-16(17)19)21(26)13-5-4-6-13/h2-3,7-8,13H,4-6,9-10,12H2,1H3,(H2,23,24). The third-order valence-corrected chi connectivity index (χ3v) is 5.63. The molecule has 0 spiro atoms. The molecule has 27 heavy (non-hydrogen) atoms. The smallest absolute Gasteiger partial charge is 0.225 e. The summed E-state index contributed by atoms with van der Waals surface area (Å²) < 4.78 is 5.52. The zero-order valence-electron chi connectivity index (χ0n) is 15.4. The number of para-hydroxylation sites is 1. The van der Waals surface area contributed by atoms with E-state index >= 15 is 0 Å². The summed E-state index contributed by atoms with van der Waals surface area (Å²) in [6.07, 6.45) is 3.73. The van der Waals surface area contributed by atoms with E-state index in [-0.39, 0.29) is 17.6 Å². The SMILES string of the molecule is COc1ccccc1-c1c(C#N)c(N)nc2c1CN(C(=O)C1CCC1)CC2. The average molecular weight is 362 g/mol. The number of benzene rings is 1. The van der Waals surface area contributed by atoms with E-state index in [4.69, 9.17) is 10.5 Å². The monoisotopic (exact) mass is 362 g/mol. The molecule has 4 rings (SSSR count). The van der Waals surface area contributed by atoms with Gasteiger partial charge in [-0.05, 0) is 18.9 Å². The first-order valence-corrected chi connectivity index (χ1v) is 9.27. The van der Waals surface area contributed by atoms with Gasteiger partial charge in [0.05, 0.1) is 12.8 Å². The average Bonchev–Trinajstić information content (AvgIpc) is 2.65. The van der Waals surface area contributed by atoms with Gasteiger partial charge in [-0.25, -0.2) is 4.98 Å². The van der Waals surface area contributed by atoms with E-state index in [1.54, 1.807) is 7.11 Å². The van der Waals surface area contributed by atoms with E-state index in [0.717, 1.165) is 41.6 Å². The minimum atomic E-state index is 0.151. The van der Waals surface area contributed by atoms with Crippen LogP contribution in [0.25, 0.3) is 11.1 Å². The molecule has 2 aliphatic rings. The highest BCUT2D eigenvalue weighted by atomic mass is 16.5. The van der Waals surface area contributed by atoms with Gasteiger partial charge in [0.25, 0.3) is 0 Å². The molecule has 6 heteroatoms. The lowest BCUT2D eigenvalue weighted by Crippen LogP contribution is -2.42. The summed E-state index contributed by atoms with van der Waals surface area (Å²) in [5.74, 6) is 1.27. The molecule has 0 atom stereocenters. The molecular formula is C21H22N4O2. The van der Waals surface area contributed by atoms with Crippen molar-refractivity contribution in [2.24, 2.45) is 5.92 Å². The third kappa shape index (κ3) is 2.89. The quantitative estimate of drug-likeness (QED) is 0.906. The predicted molar refractivity (Wildman–Crippen MR) is 102 cm³/mol. The molecule has 0 unspecified atom stereocenters. The zero-order chi connectivity index (χ0) is 19.0. The number of anilines is 1. The number of ether oxygens (including phenoxy) is 1. The van der Waals surface area contributed by atoms with Crippen LogP contribution in [0.2, 0.25) is 0 Å². The molecule has 2 N–H and O–H groups in total. The second-order valence-corrected chi connectivity index (χ2v) is 7.12. The molecule has 138 valence electrons. The lowest BCUT2D eigenvalue weighted by molar-refractivity contribution is -0.139. The van der Waals surface area contributed by atoms with Crippen LogP contribution >= 0.6 is 0 Å². The molecule has 1 aliphatic carbocycles. The highest BCUT2D eigenvalue weighted by molar-refractivity contribution is 5.84. The number of carbonyl (C=O) groups is 1. The number of nitrogens with zero attached hydrogens (tertiary/aromatic N) is 3. The van der Waals surface area contributed by atoms with Crippen LogP contribution in [0.15, 0.2) is 24.3 Å². The number of rotatable bonds is 3. The first-order chi connectivity index (χ1) is 13.1. The molecule has 6 nitrogen and oxygen atoms in total. The van der Waals surface area contributed by atoms with Crippen LogP contribution < -0.4 is 10.5 Å². The van der Waals surface area contributed by atoms with Crippen molar-refractivity contribution >= 4 is 11.7 Å². The second kappa shape index (κ2) is 6.92. The van der Waals surface area contributed by atoms with E-state index < -0.39 is 0 Å². The summed E-state index contributed by atoms with van der Waals surface area (Å²) >= 11 is 0. The highest BCUT2D eigenvalue weighted by Crippen LogP contribution is 2.40. The minimum absolute atomic E-state index is 0.151. The van der Waals surface area contributed by atoms with Crippen LogP contribution in [0.4, 0.5) is 5.82 Å². The van der Waals surface area contributed by atoms with Crippen molar-refractivity contribution in [1.29, 1.82) is 5.26 Å². The van der Waals surface area contributed by atoms with Crippen molar-refractivity contribution in [2.75, 3.05) is 19.4 Å². The Bertz CT molecular complexity index is 944. The van der Waals surface area contributed by atoms with Crippen LogP contribution in [0.1, 0.15) is 36.1 Å². The van der Waals surface area contributed by atoms with E-state index in [0.29, 0.717) is 30.8 Å². The maximum Gasteiger partial charge on any atom is 0.225 e. The number of fused-ring (bicyclic) bond motifs is 1. The summed E-state index contributed by atoms with van der Waals surface area (Å²) in [6, 6.07) is 9.78. The maximum absolute atomic E-state index is 12.8. The van der Waals surface area contributed by atoms with Crippen molar-refractivity contribution < 1.29 is 9.53 Å². The number of pyridine rings is 1. The van der Waals surface area contributed by atoms with Crippen LogP contribution in [-0.2, 0) is 17.8 Å². The zero-order valence-corrected chi connectivity index (χ0v) is 15.4. The minimum Gasteiger partial charge on any atom is -0.496 e. The van der Waals surface area contributed by atoms with Gasteiger partial charge in [-0.2, -0.15) is 5.26 Å². The van der Waals surface area contributed by atoms with Crippen molar-refractivity contribution in [3.63, 3.8) is 0 Å². The van der Waals surface area contributed by atoms with Gasteiger partial charge in [0.15, 0.2) is 0 Å². The molecule has 2 heterocycles. The number of hydrogen-bond acceptors (Lipinski definition) is 5. The van der Waals surface area contributed by atoms with Crippen molar-refractivity contribution in [1.82, 2.24) is 9.88 Å². The predicted octanol–water partition coefficient (Wildman–Crippen LogP) is 2.90. The summed E-state index contributed by atoms with van der Waals surface area (Å²) in [6.45, 7) is 1.10. The molecule has 0 bridgehead atoms. The Hall–Kier alpha value is -3.07. The number of nitriles is 1. The summed E-state index contributed by atoms with van der Waals surface area (Å²) in [4.78, 5) is 19.2. The van der Waals surface area contributed by atoms with Gasteiger partial charge in [-0.1, -0.05) is 24.6 Å². The summed E-state index contributed by atoms with van der Waals surface area (Å²) in [5, 5.41) is 9.74. The highest BCUT2D eigenvalue weighted by Gasteiger charge is 2.33. The maximum atomic E-state index is 12.8. The number of nitrogen functional groups attached to an aromatic ring is 1. The van der Waals surface area contributed by atoms with Gasteiger partial charge < -0.3 is 15.4 Å². The van der Waals surface area contributed by atoms with Crippen LogP contribution in [-0.4, -0.2) is 29.4 Å². The van der Waals surface area contributed by atoms with Crippen LogP contribution in [0.5, 0.6) is 5.75 Å². The number of aromatic nitrogens is 1. The number of nitrogens with two attached hydrogens (primary N) is 1. The molecule has 0 radical (unpaired) electrons. The number of hydrogen-bond donors (Lipinski definition) is 1. The topological polar surface area (TPSA) is 92.2 Å². The molecule has 1 aromatic carbocycles. The number of amides is 1. The fourth-order valence-electron chi connectivity index (χ4n) is 3.94. The molecule has 1 fully saturated rings. The molecule has 0 saturated heterocycles. The molecule has 2 aromatic rings. The Balaban J connectivity index is 1.85. The lowest BCUT2D eigenvalue weighted by atomic mass is 9.83. The van der Waals surface area contributed by atoms with Crippen molar-refractivity contribution in [2.45, 2.75) is 32.2 Å². The van der Waals surface area contributed by atoms with E-state index in [9.17, 15) is 10.1 Å². The molecule has 1 amide bonds. The van der Waals surface area contributed by atoms with Crippen molar-refractivity contribution in [3.05, 3.63) is 41.1 Å². The first-order valence-electron chi connectivity index (χ1n) is 9.27. The lowest BCUT2D eigenvalue weighted by Gasteiger charge is -2.35. The van der Waals surface area contributed by atoms with E-state index in [1.165, 1.54) is 0 Å². The van der Waals surface area contributed by atoms with Gasteiger partial charge >= 0.3 is 0 Å². The third-order valence-electron chi connectivity index (χ3n) is 5.63. The first kappa shape index (κ1) is 17.3. The van der Waals surface area contributed by atoms with E-state index in [2.05, 4.69) is 11.1 Å². The molecule has 1 aliphatic heterocycles.